The van der Waals surface area contributed by atoms with E-state index in [-0.39, 0.29) is 11.7 Å². The van der Waals surface area contributed by atoms with Crippen LogP contribution in [-0.2, 0) is 0 Å². The van der Waals surface area contributed by atoms with Crippen LogP contribution in [0.15, 0.2) is 18.2 Å². The van der Waals surface area contributed by atoms with Crippen molar-refractivity contribution in [2.24, 2.45) is 0 Å². The molecule has 1 aromatic carbocycles. The lowest BCUT2D eigenvalue weighted by molar-refractivity contribution is -0.255. The predicted octanol–water partition coefficient (Wildman–Crippen LogP) is 0.0827. The van der Waals surface area contributed by atoms with Crippen molar-refractivity contribution in [1.82, 2.24) is 0 Å². The summed E-state index contributed by atoms with van der Waals surface area (Å²) in [5, 5.41) is 9.09. The highest BCUT2D eigenvalue weighted by Gasteiger charge is 2.04. The number of phenols is 1. The van der Waals surface area contributed by atoms with Crippen LogP contribution in [-0.4, -0.2) is 11.0 Å². The third kappa shape index (κ3) is 1.56. The van der Waals surface area contributed by atoms with Gasteiger partial charge in [0.25, 0.3) is 0 Å². The number of carbonyl (C=O) groups excluding carboxylic acids is 1. The van der Waals surface area contributed by atoms with Crippen LogP contribution in [0.5, 0.6) is 5.75 Å². The summed E-state index contributed by atoms with van der Waals surface area (Å²) in [6.07, 6.45) is 0. The average molecular weight is 152 g/mol. The monoisotopic (exact) mass is 152 g/mol. The smallest absolute Gasteiger partial charge is 0.341 e. The van der Waals surface area contributed by atoms with E-state index in [9.17, 15) is 4.79 Å². The van der Waals surface area contributed by atoms with Gasteiger partial charge in [-0.05, 0) is 30.7 Å². The Morgan fingerprint density at radius 2 is 2.18 bits per heavy atom. The normalized spacial score (nSPS) is 9.64. The third-order valence-electron chi connectivity index (χ3n) is 1.52. The Morgan fingerprint density at radius 3 is 2.64 bits per heavy atom. The Morgan fingerprint density at radius 1 is 1.55 bits per heavy atom. The summed E-state index contributed by atoms with van der Waals surface area (Å²) in [6, 6.07) is 4.66. The summed E-state index contributed by atoms with van der Waals surface area (Å²) >= 11 is 0. The van der Waals surface area contributed by atoms with Crippen molar-refractivity contribution in [2.45, 2.75) is 6.92 Å². The summed E-state index contributed by atoms with van der Waals surface area (Å²) in [5.41, 5.74) is 4.48. The zero-order valence-corrected chi connectivity index (χ0v) is 6.29. The number of aryl methyl sites for hydroxylation is 1. The molecule has 58 valence electrons. The fraction of sp³-hybridized carbons (Fsp3) is 0.125. The first-order valence-electron chi connectivity index (χ1n) is 3.27. The van der Waals surface area contributed by atoms with Crippen LogP contribution in [0.3, 0.4) is 0 Å². The quantitative estimate of drug-likeness (QED) is 0.598. The van der Waals surface area contributed by atoms with Gasteiger partial charge in [-0.1, -0.05) is 0 Å². The van der Waals surface area contributed by atoms with E-state index in [0.717, 1.165) is 0 Å². The topological polar surface area (TPSA) is 64.9 Å². The fourth-order valence-corrected chi connectivity index (χ4v) is 0.829. The molecular formula is C8H10NO2+. The van der Waals surface area contributed by atoms with Crippen molar-refractivity contribution in [3.63, 3.8) is 0 Å². The second-order valence-electron chi connectivity index (χ2n) is 2.42. The van der Waals surface area contributed by atoms with Gasteiger partial charge >= 0.3 is 5.91 Å². The second-order valence-corrected chi connectivity index (χ2v) is 2.42. The van der Waals surface area contributed by atoms with Crippen LogP contribution in [0.1, 0.15) is 15.9 Å². The summed E-state index contributed by atoms with van der Waals surface area (Å²) in [4.78, 5) is 10.7. The molecule has 0 aliphatic carbocycles. The molecule has 11 heavy (non-hydrogen) atoms. The van der Waals surface area contributed by atoms with Gasteiger partial charge < -0.3 is 5.11 Å². The van der Waals surface area contributed by atoms with Gasteiger partial charge in [0.15, 0.2) is 0 Å². The zero-order chi connectivity index (χ0) is 8.43. The molecule has 0 saturated carbocycles. The molecule has 1 amide bonds. The maximum Gasteiger partial charge on any atom is 0.341 e. The van der Waals surface area contributed by atoms with Crippen molar-refractivity contribution >= 4 is 5.91 Å². The average Bonchev–Trinajstić information content (AvgIpc) is 1.94. The molecule has 0 bridgehead atoms. The van der Waals surface area contributed by atoms with Gasteiger partial charge in [0, 0.05) is 0 Å². The Kier molecular flexibility index (Phi) is 1.92. The molecule has 4 N–H and O–H groups in total. The maximum absolute atomic E-state index is 10.7. The minimum atomic E-state index is -0.229. The van der Waals surface area contributed by atoms with Crippen LogP contribution in [0, 0.1) is 6.92 Å². The molecule has 0 atom stereocenters. The summed E-state index contributed by atoms with van der Waals surface area (Å²) in [7, 11) is 0. The summed E-state index contributed by atoms with van der Waals surface area (Å²) in [5.74, 6) is -0.0249. The highest BCUT2D eigenvalue weighted by atomic mass is 16.3. The van der Waals surface area contributed by atoms with Crippen molar-refractivity contribution in [2.75, 3.05) is 0 Å². The number of carbonyl (C=O) groups is 1. The maximum atomic E-state index is 10.7. The Hall–Kier alpha value is -1.35. The van der Waals surface area contributed by atoms with Crippen molar-refractivity contribution in [3.05, 3.63) is 29.3 Å². The zero-order valence-electron chi connectivity index (χ0n) is 6.29. The largest absolute Gasteiger partial charge is 0.508 e. The number of amides is 1. The molecule has 1 aromatic rings. The molecule has 0 heterocycles. The highest BCUT2D eigenvalue weighted by Crippen LogP contribution is 2.15. The summed E-state index contributed by atoms with van der Waals surface area (Å²) < 4.78 is 0. The lowest BCUT2D eigenvalue weighted by Gasteiger charge is -1.97. The summed E-state index contributed by atoms with van der Waals surface area (Å²) in [6.45, 7) is 1.74. The molecule has 0 aliphatic rings. The number of hydrogen-bond acceptors (Lipinski definition) is 2. The number of benzene rings is 1. The molecule has 3 heteroatoms. The van der Waals surface area contributed by atoms with Crippen LogP contribution >= 0.6 is 0 Å². The van der Waals surface area contributed by atoms with E-state index < -0.39 is 0 Å². The second kappa shape index (κ2) is 2.72. The minimum absolute atomic E-state index is 0.204. The van der Waals surface area contributed by atoms with Crippen LogP contribution in [0.2, 0.25) is 0 Å². The van der Waals surface area contributed by atoms with Gasteiger partial charge in [0.2, 0.25) is 0 Å². The molecule has 0 aliphatic heterocycles. The van der Waals surface area contributed by atoms with E-state index >= 15 is 0 Å². The lowest BCUT2D eigenvalue weighted by atomic mass is 10.1. The van der Waals surface area contributed by atoms with E-state index in [1.54, 1.807) is 19.1 Å². The highest BCUT2D eigenvalue weighted by molar-refractivity contribution is 5.86. The lowest BCUT2D eigenvalue weighted by Crippen LogP contribution is -2.56. The van der Waals surface area contributed by atoms with Crippen molar-refractivity contribution < 1.29 is 15.6 Å². The fourth-order valence-electron chi connectivity index (χ4n) is 0.829. The predicted molar refractivity (Wildman–Crippen MR) is 40.1 cm³/mol. The molecule has 0 saturated heterocycles. The number of hydrogen-bond donors (Lipinski definition) is 2. The van der Waals surface area contributed by atoms with Crippen LogP contribution in [0.4, 0.5) is 0 Å². The standard InChI is InChI=1S/C8H9NO2/c1-5-4-6(8(9)11)2-3-7(5)10/h2-4,10H,1H3,(H2,9,11)/p+1. The molecule has 0 aromatic heterocycles. The van der Waals surface area contributed by atoms with E-state index in [2.05, 4.69) is 5.73 Å². The van der Waals surface area contributed by atoms with Crippen LogP contribution < -0.4 is 5.73 Å². The Balaban J connectivity index is 3.15. The number of quaternary nitrogens is 1. The Bertz CT molecular complexity index is 294. The molecule has 0 unspecified atom stereocenters. The third-order valence-corrected chi connectivity index (χ3v) is 1.52. The van der Waals surface area contributed by atoms with Crippen LogP contribution in [0.25, 0.3) is 0 Å². The minimum Gasteiger partial charge on any atom is -0.508 e. The molecule has 0 spiro atoms. The molecule has 1 rings (SSSR count). The van der Waals surface area contributed by atoms with Gasteiger partial charge in [0.1, 0.15) is 5.75 Å². The molecular weight excluding hydrogens is 142 g/mol. The van der Waals surface area contributed by atoms with Crippen molar-refractivity contribution in [3.8, 4) is 5.75 Å². The van der Waals surface area contributed by atoms with Gasteiger partial charge in [-0.15, -0.1) is 0 Å². The van der Waals surface area contributed by atoms with Crippen molar-refractivity contribution in [1.29, 1.82) is 0 Å². The Labute approximate surface area is 64.5 Å². The van der Waals surface area contributed by atoms with E-state index in [1.165, 1.54) is 6.07 Å². The first kappa shape index (κ1) is 7.75. The number of aromatic hydroxyl groups is 1. The molecule has 0 fully saturated rings. The van der Waals surface area contributed by atoms with E-state index in [0.29, 0.717) is 11.1 Å². The molecule has 0 radical (unpaired) electrons. The number of rotatable bonds is 1. The number of phenolic OH excluding ortho intramolecular Hbond substituents is 1. The first-order chi connectivity index (χ1) is 5.11. The van der Waals surface area contributed by atoms with Gasteiger partial charge in [-0.3, -0.25) is 5.73 Å². The van der Waals surface area contributed by atoms with Gasteiger partial charge in [-0.2, -0.15) is 0 Å². The molecule has 3 nitrogen and oxygen atoms in total. The van der Waals surface area contributed by atoms with E-state index in [1.807, 2.05) is 0 Å². The van der Waals surface area contributed by atoms with Gasteiger partial charge in [-0.25, -0.2) is 4.79 Å². The first-order valence-corrected chi connectivity index (χ1v) is 3.27. The van der Waals surface area contributed by atoms with Gasteiger partial charge in [0.05, 0.1) is 5.56 Å². The van der Waals surface area contributed by atoms with E-state index in [4.69, 9.17) is 5.11 Å². The SMILES string of the molecule is Cc1cc(C([NH3+])=O)ccc1O.